The van der Waals surface area contributed by atoms with E-state index in [1.54, 1.807) is 23.2 Å². The zero-order valence-electron chi connectivity index (χ0n) is 16.5. The van der Waals surface area contributed by atoms with Gasteiger partial charge in [0.05, 0.1) is 11.6 Å². The van der Waals surface area contributed by atoms with Crippen LogP contribution in [0.25, 0.3) is 16.7 Å². The van der Waals surface area contributed by atoms with Gasteiger partial charge in [0.25, 0.3) is 11.7 Å². The Balaban J connectivity index is 1.53. The molecule has 7 heteroatoms. The number of aliphatic hydroxyl groups excluding tert-OH is 1. The zero-order valence-corrected chi connectivity index (χ0v) is 17.3. The Morgan fingerprint density at radius 3 is 2.81 bits per heavy atom. The van der Waals surface area contributed by atoms with E-state index in [0.29, 0.717) is 18.5 Å². The molecule has 0 radical (unpaired) electrons. The Morgan fingerprint density at radius 1 is 1.16 bits per heavy atom. The second kappa shape index (κ2) is 7.85. The molecule has 1 unspecified atom stereocenters. The number of ketones is 1. The standard InChI is InChI=1S/C24H19N3O3S/c28-22(16-4-3-9-25-12-16)20-21(17-8-11-31-14-17)27(24(30)23(20)29)10-7-15-13-26-19-6-2-1-5-18(15)19/h1-6,8-9,11-14,21,26,28H,7,10H2. The molecule has 0 saturated carbocycles. The van der Waals surface area contributed by atoms with Crippen molar-refractivity contribution in [3.05, 3.63) is 94.1 Å². The molecule has 4 heterocycles. The maximum absolute atomic E-state index is 13.0. The van der Waals surface area contributed by atoms with Crippen molar-refractivity contribution in [3.63, 3.8) is 0 Å². The summed E-state index contributed by atoms with van der Waals surface area (Å²) in [6.07, 6.45) is 5.60. The number of thiophene rings is 1. The molecule has 4 aromatic rings. The molecule has 0 spiro atoms. The van der Waals surface area contributed by atoms with Crippen molar-refractivity contribution in [2.24, 2.45) is 0 Å². The topological polar surface area (TPSA) is 86.3 Å². The molecule has 0 bridgehead atoms. The molecule has 5 rings (SSSR count). The van der Waals surface area contributed by atoms with E-state index in [-0.39, 0.29) is 11.3 Å². The summed E-state index contributed by atoms with van der Waals surface area (Å²) >= 11 is 1.49. The number of hydrogen-bond donors (Lipinski definition) is 2. The highest BCUT2D eigenvalue weighted by Gasteiger charge is 2.46. The first-order chi connectivity index (χ1) is 15.1. The van der Waals surface area contributed by atoms with E-state index in [1.807, 2.05) is 47.3 Å². The minimum atomic E-state index is -0.670. The van der Waals surface area contributed by atoms with Crippen molar-refractivity contribution >= 4 is 39.7 Å². The molecule has 1 aliphatic heterocycles. The van der Waals surface area contributed by atoms with E-state index in [0.717, 1.165) is 22.0 Å². The molecule has 154 valence electrons. The van der Waals surface area contributed by atoms with E-state index in [2.05, 4.69) is 9.97 Å². The minimum absolute atomic E-state index is 0.107. The van der Waals surface area contributed by atoms with Gasteiger partial charge in [-0.25, -0.2) is 0 Å². The van der Waals surface area contributed by atoms with Crippen molar-refractivity contribution in [2.75, 3.05) is 6.54 Å². The molecule has 1 atom stereocenters. The number of nitrogens with zero attached hydrogens (tertiary/aromatic N) is 2. The summed E-state index contributed by atoms with van der Waals surface area (Å²) in [5.41, 5.74) is 3.44. The third kappa shape index (κ3) is 3.33. The Labute approximate surface area is 182 Å². The summed E-state index contributed by atoms with van der Waals surface area (Å²) in [4.78, 5) is 34.8. The van der Waals surface area contributed by atoms with Crippen LogP contribution in [0.5, 0.6) is 0 Å². The highest BCUT2D eigenvalue weighted by molar-refractivity contribution is 7.08. The number of nitrogens with one attached hydrogen (secondary N) is 1. The third-order valence-corrected chi connectivity index (χ3v) is 6.33. The van der Waals surface area contributed by atoms with Crippen LogP contribution in [0.2, 0.25) is 0 Å². The van der Waals surface area contributed by atoms with Crippen molar-refractivity contribution in [3.8, 4) is 0 Å². The predicted octanol–water partition coefficient (Wildman–Crippen LogP) is 4.29. The summed E-state index contributed by atoms with van der Waals surface area (Å²) < 4.78 is 0. The van der Waals surface area contributed by atoms with E-state index in [1.165, 1.54) is 17.5 Å². The number of carbonyl (C=O) groups is 2. The molecule has 1 amide bonds. The number of pyridine rings is 1. The number of amides is 1. The lowest BCUT2D eigenvalue weighted by atomic mass is 9.97. The van der Waals surface area contributed by atoms with Crippen molar-refractivity contribution in [2.45, 2.75) is 12.5 Å². The summed E-state index contributed by atoms with van der Waals surface area (Å²) in [5.74, 6) is -1.46. The molecular weight excluding hydrogens is 410 g/mol. The molecular formula is C24H19N3O3S. The summed E-state index contributed by atoms with van der Waals surface area (Å²) in [6, 6.07) is 12.6. The maximum Gasteiger partial charge on any atom is 0.295 e. The van der Waals surface area contributed by atoms with Gasteiger partial charge in [-0.15, -0.1) is 0 Å². The van der Waals surface area contributed by atoms with Gasteiger partial charge in [0.2, 0.25) is 0 Å². The van der Waals surface area contributed by atoms with Gasteiger partial charge < -0.3 is 15.0 Å². The molecule has 1 fully saturated rings. The first-order valence-corrected chi connectivity index (χ1v) is 10.9. The SMILES string of the molecule is O=C1C(=O)N(CCc2c[nH]c3ccccc23)C(c2ccsc2)C1=C(O)c1cccnc1. The van der Waals surface area contributed by atoms with Crippen molar-refractivity contribution in [1.82, 2.24) is 14.9 Å². The molecule has 31 heavy (non-hydrogen) atoms. The van der Waals surface area contributed by atoms with E-state index >= 15 is 0 Å². The summed E-state index contributed by atoms with van der Waals surface area (Å²) in [6.45, 7) is 0.358. The molecule has 1 aliphatic rings. The zero-order chi connectivity index (χ0) is 21.4. The van der Waals surface area contributed by atoms with Gasteiger partial charge in [0.1, 0.15) is 5.76 Å². The lowest BCUT2D eigenvalue weighted by molar-refractivity contribution is -0.139. The van der Waals surface area contributed by atoms with Crippen LogP contribution in [0.15, 0.2) is 77.4 Å². The first-order valence-electron chi connectivity index (χ1n) is 9.91. The fourth-order valence-electron chi connectivity index (χ4n) is 4.13. The number of aromatic amines is 1. The lowest BCUT2D eigenvalue weighted by Gasteiger charge is -2.24. The average Bonchev–Trinajstić information content (AvgIpc) is 3.53. The first kappa shape index (κ1) is 19.3. The van der Waals surface area contributed by atoms with E-state index in [9.17, 15) is 14.7 Å². The number of hydrogen-bond acceptors (Lipinski definition) is 5. The average molecular weight is 430 g/mol. The van der Waals surface area contributed by atoms with Crippen LogP contribution in [0.3, 0.4) is 0 Å². The fraction of sp³-hybridized carbons (Fsp3) is 0.125. The Bertz CT molecular complexity index is 1290. The van der Waals surface area contributed by atoms with Crippen LogP contribution in [0.1, 0.15) is 22.7 Å². The molecule has 1 aromatic carbocycles. The number of Topliss-reactive ketones (excluding diaryl/α,β-unsaturated/α-hetero) is 1. The van der Waals surface area contributed by atoms with Crippen LogP contribution in [-0.4, -0.2) is 38.2 Å². The number of benzene rings is 1. The van der Waals surface area contributed by atoms with Crippen LogP contribution in [0, 0.1) is 0 Å². The molecule has 2 N–H and O–H groups in total. The Hall–Kier alpha value is -3.71. The highest BCUT2D eigenvalue weighted by atomic mass is 32.1. The largest absolute Gasteiger partial charge is 0.507 e. The second-order valence-corrected chi connectivity index (χ2v) is 8.18. The van der Waals surface area contributed by atoms with E-state index < -0.39 is 17.7 Å². The molecule has 0 aliphatic carbocycles. The fourth-order valence-corrected chi connectivity index (χ4v) is 4.80. The number of likely N-dealkylation sites (tertiary alicyclic amines) is 1. The number of rotatable bonds is 5. The van der Waals surface area contributed by atoms with Gasteiger partial charge in [0.15, 0.2) is 0 Å². The molecule has 3 aromatic heterocycles. The smallest absolute Gasteiger partial charge is 0.295 e. The number of aliphatic hydroxyl groups is 1. The third-order valence-electron chi connectivity index (χ3n) is 5.63. The van der Waals surface area contributed by atoms with Crippen LogP contribution in [0.4, 0.5) is 0 Å². The predicted molar refractivity (Wildman–Crippen MR) is 120 cm³/mol. The van der Waals surface area contributed by atoms with Crippen LogP contribution >= 0.6 is 11.3 Å². The lowest BCUT2D eigenvalue weighted by Crippen LogP contribution is -2.31. The van der Waals surface area contributed by atoms with Gasteiger partial charge in [-0.3, -0.25) is 14.6 Å². The van der Waals surface area contributed by atoms with Crippen molar-refractivity contribution in [1.29, 1.82) is 0 Å². The maximum atomic E-state index is 13.0. The van der Waals surface area contributed by atoms with Gasteiger partial charge >= 0.3 is 0 Å². The van der Waals surface area contributed by atoms with Gasteiger partial charge in [-0.05, 0) is 52.6 Å². The van der Waals surface area contributed by atoms with Gasteiger partial charge in [0, 0.05) is 41.6 Å². The van der Waals surface area contributed by atoms with Gasteiger partial charge in [-0.2, -0.15) is 11.3 Å². The Morgan fingerprint density at radius 2 is 2.03 bits per heavy atom. The quantitative estimate of drug-likeness (QED) is 0.282. The highest BCUT2D eigenvalue weighted by Crippen LogP contribution is 2.40. The number of fused-ring (bicyclic) bond motifs is 1. The second-order valence-electron chi connectivity index (χ2n) is 7.40. The number of para-hydroxylation sites is 1. The Kier molecular flexibility index (Phi) is 4.88. The summed E-state index contributed by atoms with van der Waals surface area (Å²) in [7, 11) is 0. The van der Waals surface area contributed by atoms with Crippen LogP contribution < -0.4 is 0 Å². The van der Waals surface area contributed by atoms with Gasteiger partial charge in [-0.1, -0.05) is 18.2 Å². The number of carbonyl (C=O) groups excluding carboxylic acids is 2. The normalized spacial score (nSPS) is 18.2. The van der Waals surface area contributed by atoms with Crippen LogP contribution in [-0.2, 0) is 16.0 Å². The number of aromatic nitrogens is 2. The van der Waals surface area contributed by atoms with E-state index in [4.69, 9.17) is 0 Å². The molecule has 6 nitrogen and oxygen atoms in total. The molecule has 1 saturated heterocycles. The minimum Gasteiger partial charge on any atom is -0.507 e. The number of H-pyrrole nitrogens is 1. The monoisotopic (exact) mass is 429 g/mol. The summed E-state index contributed by atoms with van der Waals surface area (Å²) in [5, 5.41) is 15.8. The van der Waals surface area contributed by atoms with Crippen molar-refractivity contribution < 1.29 is 14.7 Å².